The van der Waals surface area contributed by atoms with Crippen molar-refractivity contribution in [2.75, 3.05) is 6.61 Å². The normalized spacial score (nSPS) is 48.5. The van der Waals surface area contributed by atoms with Crippen LogP contribution in [0.2, 0.25) is 0 Å². The lowest BCUT2D eigenvalue weighted by Crippen LogP contribution is -2.60. The van der Waals surface area contributed by atoms with E-state index in [2.05, 4.69) is 0 Å². The van der Waals surface area contributed by atoms with Gasteiger partial charge in [-0.05, 0) is 12.3 Å². The van der Waals surface area contributed by atoms with E-state index in [9.17, 15) is 35.4 Å². The Hall–Kier alpha value is -1.27. The molecule has 0 bridgehead atoms. The first-order chi connectivity index (χ1) is 12.3. The Morgan fingerprint density at radius 2 is 1.88 bits per heavy atom. The topological polar surface area (TPSA) is 166 Å². The molecule has 3 aliphatic rings. The second kappa shape index (κ2) is 7.39. The molecule has 0 radical (unpaired) electrons. The first-order valence-electron chi connectivity index (χ1n) is 8.49. The van der Waals surface area contributed by atoms with Crippen LogP contribution in [0, 0.1) is 17.8 Å². The van der Waals surface area contributed by atoms with Crippen molar-refractivity contribution in [3.05, 3.63) is 11.8 Å². The van der Waals surface area contributed by atoms with Crippen LogP contribution < -0.4 is 0 Å². The van der Waals surface area contributed by atoms with Gasteiger partial charge in [-0.15, -0.1) is 0 Å². The summed E-state index contributed by atoms with van der Waals surface area (Å²) in [6.07, 6.45) is -7.71. The molecule has 0 aromatic carbocycles. The minimum atomic E-state index is -1.60. The van der Waals surface area contributed by atoms with Gasteiger partial charge in [-0.25, -0.2) is 4.79 Å². The molecule has 6 N–H and O–H groups in total. The Bertz CT molecular complexity index is 563. The molecule has 0 aromatic heterocycles. The molecule has 10 heteroatoms. The largest absolute Gasteiger partial charge is 0.478 e. The fourth-order valence-corrected chi connectivity index (χ4v) is 3.99. The molecule has 1 aliphatic carbocycles. The van der Waals surface area contributed by atoms with Gasteiger partial charge in [0.15, 0.2) is 6.29 Å². The van der Waals surface area contributed by atoms with Crippen LogP contribution in [-0.2, 0) is 19.0 Å². The highest BCUT2D eigenvalue weighted by atomic mass is 16.8. The minimum Gasteiger partial charge on any atom is -0.478 e. The molecule has 3 rings (SSSR count). The van der Waals surface area contributed by atoms with Crippen LogP contribution in [0.3, 0.4) is 0 Å². The monoisotopic (exact) mass is 376 g/mol. The maximum atomic E-state index is 11.4. The summed E-state index contributed by atoms with van der Waals surface area (Å²) >= 11 is 0. The van der Waals surface area contributed by atoms with Gasteiger partial charge in [0.1, 0.15) is 24.4 Å². The number of aliphatic hydroxyl groups is 5. The lowest BCUT2D eigenvalue weighted by Gasteiger charge is -2.43. The third-order valence-corrected chi connectivity index (χ3v) is 5.58. The van der Waals surface area contributed by atoms with Crippen LogP contribution in [0.15, 0.2) is 11.8 Å². The first-order valence-corrected chi connectivity index (χ1v) is 8.49. The molecule has 0 aromatic rings. The maximum Gasteiger partial charge on any atom is 0.334 e. The van der Waals surface area contributed by atoms with E-state index < -0.39 is 67.5 Å². The molecule has 1 saturated heterocycles. The van der Waals surface area contributed by atoms with Crippen LogP contribution in [0.4, 0.5) is 0 Å². The van der Waals surface area contributed by atoms with Crippen LogP contribution in [0.25, 0.3) is 0 Å². The van der Waals surface area contributed by atoms with E-state index in [0.717, 1.165) is 6.26 Å². The molecule has 2 heterocycles. The number of carboxylic acids is 1. The number of rotatable bonds is 4. The predicted octanol–water partition coefficient (Wildman–Crippen LogP) is -2.24. The Labute approximate surface area is 149 Å². The number of aliphatic hydroxyl groups excluding tert-OH is 5. The minimum absolute atomic E-state index is 0.0343. The zero-order valence-corrected chi connectivity index (χ0v) is 14.1. The van der Waals surface area contributed by atoms with E-state index in [0.29, 0.717) is 0 Å². The van der Waals surface area contributed by atoms with E-state index >= 15 is 0 Å². The zero-order valence-electron chi connectivity index (χ0n) is 14.1. The first kappa shape index (κ1) is 19.5. The summed E-state index contributed by atoms with van der Waals surface area (Å²) in [5.41, 5.74) is 0.0343. The van der Waals surface area contributed by atoms with Crippen molar-refractivity contribution in [2.24, 2.45) is 17.8 Å². The van der Waals surface area contributed by atoms with Crippen LogP contribution in [-0.4, -0.2) is 86.3 Å². The molecule has 10 nitrogen and oxygen atoms in total. The number of aliphatic carboxylic acids is 1. The molecule has 0 unspecified atom stereocenters. The van der Waals surface area contributed by atoms with Gasteiger partial charge in [-0.1, -0.05) is 6.92 Å². The van der Waals surface area contributed by atoms with E-state index in [1.165, 1.54) is 0 Å². The van der Waals surface area contributed by atoms with Crippen molar-refractivity contribution >= 4 is 5.97 Å². The fraction of sp³-hybridized carbons (Fsp3) is 0.812. The molecule has 0 amide bonds. The second-order valence-electron chi connectivity index (χ2n) is 7.06. The average Bonchev–Trinajstić information content (AvgIpc) is 2.90. The van der Waals surface area contributed by atoms with Crippen molar-refractivity contribution in [2.45, 2.75) is 56.4 Å². The van der Waals surface area contributed by atoms with Crippen LogP contribution in [0.1, 0.15) is 13.3 Å². The highest BCUT2D eigenvalue weighted by Crippen LogP contribution is 2.47. The summed E-state index contributed by atoms with van der Waals surface area (Å²) in [5, 5.41) is 58.5. The number of fused-ring (bicyclic) bond motifs is 1. The van der Waals surface area contributed by atoms with Gasteiger partial charge >= 0.3 is 5.97 Å². The van der Waals surface area contributed by atoms with Gasteiger partial charge in [-0.3, -0.25) is 0 Å². The van der Waals surface area contributed by atoms with E-state index in [1.54, 1.807) is 6.92 Å². The van der Waals surface area contributed by atoms with E-state index in [1.807, 2.05) is 0 Å². The quantitative estimate of drug-likeness (QED) is 0.316. The van der Waals surface area contributed by atoms with Crippen molar-refractivity contribution in [1.29, 1.82) is 0 Å². The Balaban J connectivity index is 1.79. The molecule has 0 spiro atoms. The SMILES string of the molecule is C[C@H]1[C@H]2[C@H](O[C@@H]3O[C@H](CO)[C@@H](O)[C@H](O)[C@H]3O)OC=C(C(=O)O)[C@H]2C[C@@H]1O. The van der Waals surface area contributed by atoms with Crippen LogP contribution in [0.5, 0.6) is 0 Å². The summed E-state index contributed by atoms with van der Waals surface area (Å²) in [5.74, 6) is -2.49. The van der Waals surface area contributed by atoms with Crippen molar-refractivity contribution in [3.63, 3.8) is 0 Å². The number of carboxylic acid groups (broad SMARTS) is 1. The second-order valence-corrected chi connectivity index (χ2v) is 7.06. The lowest BCUT2D eigenvalue weighted by molar-refractivity contribution is -0.342. The molecule has 1 saturated carbocycles. The fourth-order valence-electron chi connectivity index (χ4n) is 3.99. The third-order valence-electron chi connectivity index (χ3n) is 5.58. The Kier molecular flexibility index (Phi) is 5.54. The molecule has 2 aliphatic heterocycles. The molecule has 10 atom stereocenters. The summed E-state index contributed by atoms with van der Waals surface area (Å²) in [6.45, 7) is 1.15. The molecule has 2 fully saturated rings. The van der Waals surface area contributed by atoms with Crippen molar-refractivity contribution in [3.8, 4) is 0 Å². The maximum absolute atomic E-state index is 11.4. The summed E-state index contributed by atoms with van der Waals surface area (Å²) < 4.78 is 16.3. The standard InChI is InChI=1S/C16H24O10/c1-5-8(18)2-6-7(14(22)23)4-24-15(10(5)6)26-16-13(21)12(20)11(19)9(3-17)25-16/h4-6,8-13,15-21H,2-3H2,1H3,(H,22,23)/t5-,6-,8+,9-,10-,11-,12+,13-,15+,16+/m1/s1. The van der Waals surface area contributed by atoms with Crippen molar-refractivity contribution < 1.29 is 49.6 Å². The van der Waals surface area contributed by atoms with Gasteiger partial charge in [0, 0.05) is 11.8 Å². The number of ether oxygens (including phenoxy) is 3. The van der Waals surface area contributed by atoms with Crippen LogP contribution >= 0.6 is 0 Å². The average molecular weight is 376 g/mol. The van der Waals surface area contributed by atoms with E-state index in [4.69, 9.17) is 14.2 Å². The third kappa shape index (κ3) is 3.22. The van der Waals surface area contributed by atoms with Gasteiger partial charge in [-0.2, -0.15) is 0 Å². The van der Waals surface area contributed by atoms with Gasteiger partial charge < -0.3 is 44.8 Å². The molecule has 26 heavy (non-hydrogen) atoms. The predicted molar refractivity (Wildman–Crippen MR) is 82.2 cm³/mol. The Morgan fingerprint density at radius 1 is 1.19 bits per heavy atom. The molecule has 148 valence electrons. The summed E-state index contributed by atoms with van der Waals surface area (Å²) in [4.78, 5) is 11.4. The summed E-state index contributed by atoms with van der Waals surface area (Å²) in [6, 6.07) is 0. The number of hydrogen-bond acceptors (Lipinski definition) is 9. The van der Waals surface area contributed by atoms with E-state index in [-0.39, 0.29) is 17.9 Å². The van der Waals surface area contributed by atoms with Gasteiger partial charge in [0.2, 0.25) is 6.29 Å². The van der Waals surface area contributed by atoms with Gasteiger partial charge in [0.05, 0.1) is 24.5 Å². The highest BCUT2D eigenvalue weighted by Gasteiger charge is 2.53. The Morgan fingerprint density at radius 3 is 2.50 bits per heavy atom. The number of carbonyl (C=O) groups is 1. The smallest absolute Gasteiger partial charge is 0.334 e. The van der Waals surface area contributed by atoms with Gasteiger partial charge in [0.25, 0.3) is 0 Å². The zero-order chi connectivity index (χ0) is 19.2. The summed E-state index contributed by atoms with van der Waals surface area (Å²) in [7, 11) is 0. The lowest BCUT2D eigenvalue weighted by atomic mass is 9.83. The molecular formula is C16H24O10. The van der Waals surface area contributed by atoms with Crippen molar-refractivity contribution in [1.82, 2.24) is 0 Å². The number of hydrogen-bond donors (Lipinski definition) is 6. The molecular weight excluding hydrogens is 352 g/mol. The highest BCUT2D eigenvalue weighted by molar-refractivity contribution is 5.87.